The molecule has 0 spiro atoms. The molecule has 0 aliphatic rings. The number of carbonyl (C=O) groups is 2. The molecule has 5 nitrogen and oxygen atoms in total. The molecular weight excluding hydrogens is 324 g/mol. The van der Waals surface area contributed by atoms with E-state index in [0.717, 1.165) is 10.0 Å². The lowest BCUT2D eigenvalue weighted by atomic mass is 10.1. The van der Waals surface area contributed by atoms with Crippen LogP contribution in [-0.2, 0) is 4.79 Å². The first-order valence-electron chi connectivity index (χ1n) is 5.92. The van der Waals surface area contributed by atoms with Crippen LogP contribution in [0.3, 0.4) is 0 Å². The fourth-order valence-electron chi connectivity index (χ4n) is 1.57. The Bertz CT molecular complexity index is 539. The largest absolute Gasteiger partial charge is 0.480 e. The van der Waals surface area contributed by atoms with Gasteiger partial charge < -0.3 is 15.7 Å². The molecule has 0 heterocycles. The second kappa shape index (κ2) is 7.56. The number of carboxylic acid groups (broad SMARTS) is 1. The third-order valence-electron chi connectivity index (χ3n) is 2.62. The van der Waals surface area contributed by atoms with E-state index in [1.165, 1.54) is 0 Å². The highest BCUT2D eigenvalue weighted by Crippen LogP contribution is 2.17. The summed E-state index contributed by atoms with van der Waals surface area (Å²) in [5.74, 6) is 1.06. The number of aliphatic carboxylic acids is 1. The van der Waals surface area contributed by atoms with Crippen molar-refractivity contribution < 1.29 is 14.7 Å². The number of hydrogen-bond donors (Lipinski definition) is 3. The second-order valence-electron chi connectivity index (χ2n) is 4.19. The van der Waals surface area contributed by atoms with Crippen molar-refractivity contribution >= 4 is 27.9 Å². The lowest BCUT2D eigenvalue weighted by Gasteiger charge is -2.17. The molecule has 0 radical (unpaired) electrons. The first-order valence-corrected chi connectivity index (χ1v) is 6.72. The highest BCUT2D eigenvalue weighted by Gasteiger charge is 2.19. The first kappa shape index (κ1) is 16.1. The molecule has 20 heavy (non-hydrogen) atoms. The summed E-state index contributed by atoms with van der Waals surface area (Å²) in [5, 5.41) is 13.9. The van der Waals surface area contributed by atoms with E-state index >= 15 is 0 Å². The molecule has 1 aromatic rings. The quantitative estimate of drug-likeness (QED) is 0.720. The Labute approximate surface area is 125 Å². The van der Waals surface area contributed by atoms with Crippen LogP contribution < -0.4 is 10.6 Å². The van der Waals surface area contributed by atoms with E-state index < -0.39 is 18.0 Å². The van der Waals surface area contributed by atoms with E-state index in [2.05, 4.69) is 32.5 Å². The fourth-order valence-corrected chi connectivity index (χ4v) is 1.99. The molecule has 0 aromatic heterocycles. The SMILES string of the molecule is C#CCC(NC(=O)NC(C)c1cccc(Br)c1)C(=O)O. The lowest BCUT2D eigenvalue weighted by Crippen LogP contribution is -2.46. The second-order valence-corrected chi connectivity index (χ2v) is 5.11. The maximum absolute atomic E-state index is 11.7. The molecule has 1 rings (SSSR count). The highest BCUT2D eigenvalue weighted by atomic mass is 79.9. The summed E-state index contributed by atoms with van der Waals surface area (Å²) in [6.07, 6.45) is 5.00. The van der Waals surface area contributed by atoms with Crippen LogP contribution in [0.4, 0.5) is 4.79 Å². The van der Waals surface area contributed by atoms with Gasteiger partial charge in [0.1, 0.15) is 6.04 Å². The summed E-state index contributed by atoms with van der Waals surface area (Å²) in [7, 11) is 0. The molecule has 0 saturated carbocycles. The van der Waals surface area contributed by atoms with Gasteiger partial charge in [0.2, 0.25) is 0 Å². The summed E-state index contributed by atoms with van der Waals surface area (Å²) >= 11 is 3.35. The average Bonchev–Trinajstić information content (AvgIpc) is 2.38. The van der Waals surface area contributed by atoms with Crippen molar-refractivity contribution in [3.63, 3.8) is 0 Å². The molecule has 0 aliphatic carbocycles. The van der Waals surface area contributed by atoms with Gasteiger partial charge in [-0.2, -0.15) is 0 Å². The third-order valence-corrected chi connectivity index (χ3v) is 3.11. The Kier molecular flexibility index (Phi) is 6.07. The normalized spacial score (nSPS) is 12.8. The molecule has 3 N–H and O–H groups in total. The number of halogens is 1. The predicted octanol–water partition coefficient (Wildman–Crippen LogP) is 2.29. The molecule has 106 valence electrons. The van der Waals surface area contributed by atoms with Crippen LogP contribution >= 0.6 is 15.9 Å². The monoisotopic (exact) mass is 338 g/mol. The Morgan fingerprint density at radius 3 is 2.70 bits per heavy atom. The number of urea groups is 1. The van der Waals surface area contributed by atoms with Gasteiger partial charge in [0.05, 0.1) is 6.04 Å². The smallest absolute Gasteiger partial charge is 0.327 e. The van der Waals surface area contributed by atoms with Gasteiger partial charge in [-0.25, -0.2) is 9.59 Å². The molecular formula is C14H15BrN2O3. The number of hydrogen-bond acceptors (Lipinski definition) is 2. The van der Waals surface area contributed by atoms with Crippen molar-refractivity contribution in [1.29, 1.82) is 0 Å². The van der Waals surface area contributed by atoms with Gasteiger partial charge in [-0.05, 0) is 24.6 Å². The topological polar surface area (TPSA) is 78.4 Å². The van der Waals surface area contributed by atoms with E-state index in [9.17, 15) is 9.59 Å². The van der Waals surface area contributed by atoms with Crippen molar-refractivity contribution in [3.8, 4) is 12.3 Å². The van der Waals surface area contributed by atoms with Crippen LogP contribution in [0.1, 0.15) is 24.9 Å². The summed E-state index contributed by atoms with van der Waals surface area (Å²) in [6, 6.07) is 5.56. The van der Waals surface area contributed by atoms with E-state index in [1.807, 2.05) is 24.3 Å². The third kappa shape index (κ3) is 4.94. The molecule has 2 amide bonds. The van der Waals surface area contributed by atoms with E-state index in [0.29, 0.717) is 0 Å². The molecule has 0 aliphatic heterocycles. The number of benzene rings is 1. The minimum absolute atomic E-state index is 0.0615. The maximum atomic E-state index is 11.7. The standard InChI is InChI=1S/C14H15BrN2O3/c1-3-5-12(13(18)19)17-14(20)16-9(2)10-6-4-7-11(15)8-10/h1,4,6-9,12H,5H2,2H3,(H,18,19)(H2,16,17,20). The zero-order valence-electron chi connectivity index (χ0n) is 10.9. The zero-order valence-corrected chi connectivity index (χ0v) is 12.5. The first-order chi connectivity index (χ1) is 9.43. The summed E-state index contributed by atoms with van der Waals surface area (Å²) < 4.78 is 0.903. The molecule has 6 heteroatoms. The summed E-state index contributed by atoms with van der Waals surface area (Å²) in [4.78, 5) is 22.6. The summed E-state index contributed by atoms with van der Waals surface area (Å²) in [6.45, 7) is 1.80. The minimum Gasteiger partial charge on any atom is -0.480 e. The lowest BCUT2D eigenvalue weighted by molar-refractivity contribution is -0.139. The van der Waals surface area contributed by atoms with Crippen molar-refractivity contribution in [2.45, 2.75) is 25.4 Å². The Hall–Kier alpha value is -2.00. The molecule has 0 saturated heterocycles. The van der Waals surface area contributed by atoms with Crippen molar-refractivity contribution in [3.05, 3.63) is 34.3 Å². The number of carbonyl (C=O) groups excluding carboxylic acids is 1. The fraction of sp³-hybridized carbons (Fsp3) is 0.286. The van der Waals surface area contributed by atoms with Gasteiger partial charge >= 0.3 is 12.0 Å². The molecule has 2 unspecified atom stereocenters. The minimum atomic E-state index is -1.16. The maximum Gasteiger partial charge on any atom is 0.327 e. The van der Waals surface area contributed by atoms with Crippen molar-refractivity contribution in [2.75, 3.05) is 0 Å². The summed E-state index contributed by atoms with van der Waals surface area (Å²) in [5.41, 5.74) is 0.901. The van der Waals surface area contributed by atoms with Gasteiger partial charge in [0.15, 0.2) is 0 Å². The highest BCUT2D eigenvalue weighted by molar-refractivity contribution is 9.10. The number of nitrogens with one attached hydrogen (secondary N) is 2. The van der Waals surface area contributed by atoms with Gasteiger partial charge in [0.25, 0.3) is 0 Å². The van der Waals surface area contributed by atoms with Crippen molar-refractivity contribution in [1.82, 2.24) is 10.6 Å². The van der Waals surface area contributed by atoms with E-state index in [-0.39, 0.29) is 12.5 Å². The van der Waals surface area contributed by atoms with Crippen LogP contribution in [0.25, 0.3) is 0 Å². The van der Waals surface area contributed by atoms with Gasteiger partial charge in [-0.15, -0.1) is 12.3 Å². The van der Waals surface area contributed by atoms with Crippen LogP contribution in [0.2, 0.25) is 0 Å². The van der Waals surface area contributed by atoms with Crippen LogP contribution in [0, 0.1) is 12.3 Å². The Morgan fingerprint density at radius 2 is 2.15 bits per heavy atom. The zero-order chi connectivity index (χ0) is 15.1. The van der Waals surface area contributed by atoms with Gasteiger partial charge in [0, 0.05) is 10.9 Å². The molecule has 0 bridgehead atoms. The number of carboxylic acids is 1. The van der Waals surface area contributed by atoms with Crippen LogP contribution in [0.5, 0.6) is 0 Å². The average molecular weight is 339 g/mol. The predicted molar refractivity (Wildman–Crippen MR) is 79.1 cm³/mol. The van der Waals surface area contributed by atoms with Gasteiger partial charge in [-0.3, -0.25) is 0 Å². The van der Waals surface area contributed by atoms with Gasteiger partial charge in [-0.1, -0.05) is 28.1 Å². The van der Waals surface area contributed by atoms with E-state index in [1.54, 1.807) is 6.92 Å². The number of amides is 2. The van der Waals surface area contributed by atoms with E-state index in [4.69, 9.17) is 11.5 Å². The van der Waals surface area contributed by atoms with Crippen molar-refractivity contribution in [2.24, 2.45) is 0 Å². The van der Waals surface area contributed by atoms with Crippen LogP contribution in [0.15, 0.2) is 28.7 Å². The number of rotatable bonds is 5. The molecule has 2 atom stereocenters. The Balaban J connectivity index is 2.62. The molecule has 0 fully saturated rings. The Morgan fingerprint density at radius 1 is 1.45 bits per heavy atom. The molecule has 1 aromatic carbocycles. The number of terminal acetylenes is 1. The van der Waals surface area contributed by atoms with Crippen LogP contribution in [-0.4, -0.2) is 23.1 Å².